The molecule has 1 aromatic heterocycles. The zero-order chi connectivity index (χ0) is 32.5. The third-order valence-electron chi connectivity index (χ3n) is 7.33. The maximum atomic E-state index is 13.0. The van der Waals surface area contributed by atoms with Crippen molar-refractivity contribution in [2.24, 2.45) is 5.73 Å². The summed E-state index contributed by atoms with van der Waals surface area (Å²) in [5.74, 6) is -1.09. The smallest absolute Gasteiger partial charge is 0.404 e. The zero-order valence-electron chi connectivity index (χ0n) is 25.9. The quantitative estimate of drug-likeness (QED) is 0.154. The summed E-state index contributed by atoms with van der Waals surface area (Å²) in [5.41, 5.74) is 4.54. The lowest BCUT2D eigenvalue weighted by Crippen LogP contribution is -2.65. The van der Waals surface area contributed by atoms with E-state index in [1.165, 1.54) is 37.4 Å². The number of ether oxygens (including phenoxy) is 4. The molecule has 0 saturated carbocycles. The highest BCUT2D eigenvalue weighted by Crippen LogP contribution is 2.38. The van der Waals surface area contributed by atoms with E-state index in [-0.39, 0.29) is 39.7 Å². The van der Waals surface area contributed by atoms with Crippen molar-refractivity contribution in [3.8, 4) is 17.2 Å². The Bertz CT molecular complexity index is 1680. The first kappa shape index (κ1) is 34.9. The number of carbonyl (C=O) groups is 2. The number of rotatable bonds is 8. The van der Waals surface area contributed by atoms with Gasteiger partial charge >= 0.3 is 11.7 Å². The second-order valence-corrected chi connectivity index (χ2v) is 11.2. The Labute approximate surface area is 258 Å². The minimum atomic E-state index is -1.52. The molecule has 3 aromatic rings. The molecular weight excluding hydrogens is 590 g/mol. The highest BCUT2D eigenvalue weighted by atomic mass is 16.7. The summed E-state index contributed by atoms with van der Waals surface area (Å²) in [6.45, 7) is 8.69. The van der Waals surface area contributed by atoms with E-state index in [1.807, 2.05) is 19.9 Å². The van der Waals surface area contributed by atoms with Gasteiger partial charge in [0, 0.05) is 18.2 Å². The number of primary amides is 1. The van der Waals surface area contributed by atoms with Gasteiger partial charge in [0.2, 0.25) is 6.29 Å². The monoisotopic (exact) mass is 629 g/mol. The number of methoxy groups -OCH3 is 1. The second kappa shape index (κ2) is 13.6. The van der Waals surface area contributed by atoms with Crippen LogP contribution in [0.1, 0.15) is 49.2 Å². The van der Waals surface area contributed by atoms with Gasteiger partial charge in [-0.1, -0.05) is 11.6 Å². The van der Waals surface area contributed by atoms with Crippen LogP contribution in [0.2, 0.25) is 0 Å². The summed E-state index contributed by atoms with van der Waals surface area (Å²) in [6.07, 6.45) is -3.81. The van der Waals surface area contributed by atoms with Crippen LogP contribution in [0.15, 0.2) is 51.2 Å². The van der Waals surface area contributed by atoms with Gasteiger partial charge in [-0.15, -0.1) is 0 Å². The summed E-state index contributed by atoms with van der Waals surface area (Å²) in [7, 11) is 1.37. The number of nitrogens with two attached hydrogens (primary N) is 1. The van der Waals surface area contributed by atoms with Crippen molar-refractivity contribution < 1.29 is 48.3 Å². The van der Waals surface area contributed by atoms with E-state index >= 15 is 0 Å². The molecule has 2 heterocycles. The number of phenols is 1. The number of aromatic hydroxyl groups is 2. The number of hydrogen-bond acceptors (Lipinski definition) is 12. The fourth-order valence-corrected chi connectivity index (χ4v) is 5.06. The van der Waals surface area contributed by atoms with E-state index in [1.54, 1.807) is 20.8 Å². The molecule has 1 saturated heterocycles. The fourth-order valence-electron chi connectivity index (χ4n) is 5.06. The molecule has 0 unspecified atom stereocenters. The van der Waals surface area contributed by atoms with Crippen molar-refractivity contribution in [3.05, 3.63) is 69.1 Å². The van der Waals surface area contributed by atoms with E-state index in [4.69, 9.17) is 29.1 Å². The molecule has 0 radical (unpaired) electrons. The summed E-state index contributed by atoms with van der Waals surface area (Å²) >= 11 is 0. The Morgan fingerprint density at radius 2 is 1.84 bits per heavy atom. The lowest BCUT2D eigenvalue weighted by molar-refractivity contribution is -0.304. The van der Waals surface area contributed by atoms with Gasteiger partial charge < -0.3 is 55.9 Å². The van der Waals surface area contributed by atoms with Crippen LogP contribution >= 0.6 is 0 Å². The van der Waals surface area contributed by atoms with Crippen LogP contribution in [0.4, 0.5) is 10.5 Å². The Morgan fingerprint density at radius 1 is 1.16 bits per heavy atom. The Kier molecular flexibility index (Phi) is 10.5. The minimum absolute atomic E-state index is 0. The van der Waals surface area contributed by atoms with Crippen LogP contribution < -0.4 is 27.6 Å². The van der Waals surface area contributed by atoms with E-state index in [0.717, 1.165) is 5.57 Å². The molecule has 14 nitrogen and oxygen atoms in total. The molecule has 45 heavy (non-hydrogen) atoms. The number of anilines is 1. The predicted octanol–water partition coefficient (Wildman–Crippen LogP) is 3.79. The molecule has 1 aliphatic rings. The Hall–Kier alpha value is -4.63. The molecule has 4 atom stereocenters. The minimum Gasteiger partial charge on any atom is -0.508 e. The number of allylic oxidation sites excluding steroid dienone is 2. The van der Waals surface area contributed by atoms with Crippen molar-refractivity contribution >= 4 is 28.7 Å². The van der Waals surface area contributed by atoms with Crippen molar-refractivity contribution in [1.29, 1.82) is 0 Å². The lowest BCUT2D eigenvalue weighted by atomic mass is 9.89. The van der Waals surface area contributed by atoms with Crippen molar-refractivity contribution in [2.45, 2.75) is 71.2 Å². The summed E-state index contributed by atoms with van der Waals surface area (Å²) < 4.78 is 27.9. The number of aliphatic hydroxyl groups is 1. The molecule has 2 aromatic carbocycles. The standard InChI is InChI=1S/C31H36N2O11.H3N/c1-14(2)7-8-16-13-17(9-11-19(16)34)27(37)33-21-22(35)18-10-12-20(15(3)24(18)42-28(21)38)41-29-23(36)25(43-30(32)39)26(40-6)31(4,5)44-29;/h7,9-13,23,25-26,29,34-36H,8H2,1-6H3,(H2,32,39)(H,33,37);1H3/t23-,25+,26-,29-;/m1./s1. The van der Waals surface area contributed by atoms with Gasteiger partial charge in [0.1, 0.15) is 23.2 Å². The van der Waals surface area contributed by atoms with E-state index in [2.05, 4.69) is 5.32 Å². The predicted molar refractivity (Wildman–Crippen MR) is 164 cm³/mol. The molecular formula is C31H39N3O11. The number of amides is 2. The summed E-state index contributed by atoms with van der Waals surface area (Å²) in [4.78, 5) is 37.5. The SMILES string of the molecule is CO[C@@H]1[C@@H](OC(N)=O)[C@@H](O)[C@H](Oc2ccc3c(O)c(NC(=O)c4ccc(O)c(CC=C(C)C)c4)c(=O)oc3c2C)OC1(C)C.N. The van der Waals surface area contributed by atoms with Crippen molar-refractivity contribution in [2.75, 3.05) is 12.4 Å². The zero-order valence-corrected chi connectivity index (χ0v) is 25.9. The first-order chi connectivity index (χ1) is 20.6. The van der Waals surface area contributed by atoms with Crippen molar-refractivity contribution in [1.82, 2.24) is 6.15 Å². The van der Waals surface area contributed by atoms with Gasteiger partial charge in [-0.2, -0.15) is 0 Å². The number of carbonyl (C=O) groups excluding carboxylic acids is 2. The second-order valence-electron chi connectivity index (χ2n) is 11.2. The van der Waals surface area contributed by atoms with Crippen LogP contribution in [0.3, 0.4) is 0 Å². The third-order valence-corrected chi connectivity index (χ3v) is 7.33. The van der Waals surface area contributed by atoms with E-state index in [0.29, 0.717) is 12.0 Å². The van der Waals surface area contributed by atoms with Crippen LogP contribution in [0, 0.1) is 6.92 Å². The van der Waals surface area contributed by atoms with Gasteiger partial charge in [0.15, 0.2) is 23.6 Å². The number of phenolic OH excluding ortho intramolecular Hbond substituents is 1. The molecule has 9 N–H and O–H groups in total. The van der Waals surface area contributed by atoms with Crippen molar-refractivity contribution in [3.63, 3.8) is 0 Å². The van der Waals surface area contributed by atoms with Gasteiger partial charge in [0.05, 0.1) is 11.0 Å². The third kappa shape index (κ3) is 7.20. The topological polar surface area (TPSA) is 235 Å². The number of aryl methyl sites for hydroxylation is 1. The number of fused-ring (bicyclic) bond motifs is 1. The molecule has 0 bridgehead atoms. The molecule has 1 aliphatic heterocycles. The van der Waals surface area contributed by atoms with E-state index < -0.39 is 59.3 Å². The maximum Gasteiger partial charge on any atom is 0.404 e. The maximum absolute atomic E-state index is 13.0. The average molecular weight is 630 g/mol. The molecule has 2 amide bonds. The molecule has 244 valence electrons. The van der Waals surface area contributed by atoms with Gasteiger partial charge in [-0.25, -0.2) is 9.59 Å². The highest BCUT2D eigenvalue weighted by Gasteiger charge is 2.53. The first-order valence-electron chi connectivity index (χ1n) is 13.7. The van der Waals surface area contributed by atoms with Crippen LogP contribution in [-0.2, 0) is 20.6 Å². The molecule has 0 spiro atoms. The molecule has 0 aliphatic carbocycles. The fraction of sp³-hybridized carbons (Fsp3) is 0.387. The summed E-state index contributed by atoms with van der Waals surface area (Å²) in [5, 5.41) is 34.6. The van der Waals surface area contributed by atoms with Crippen LogP contribution in [0.25, 0.3) is 11.0 Å². The normalized spacial score (nSPS) is 20.5. The molecule has 14 heteroatoms. The van der Waals surface area contributed by atoms with E-state index in [9.17, 15) is 29.7 Å². The molecule has 1 fully saturated rings. The highest BCUT2D eigenvalue weighted by molar-refractivity contribution is 6.06. The van der Waals surface area contributed by atoms with Crippen LogP contribution in [0.5, 0.6) is 17.2 Å². The van der Waals surface area contributed by atoms with Crippen LogP contribution in [-0.4, -0.2) is 64.6 Å². The summed E-state index contributed by atoms with van der Waals surface area (Å²) in [6, 6.07) is 7.12. The molecule has 4 rings (SSSR count). The van der Waals surface area contributed by atoms with Gasteiger partial charge in [-0.3, -0.25) is 4.79 Å². The lowest BCUT2D eigenvalue weighted by Gasteiger charge is -2.47. The number of nitrogens with one attached hydrogen (secondary N) is 1. The Balaban J connectivity index is 0.00000552. The first-order valence-corrected chi connectivity index (χ1v) is 13.7. The van der Waals surface area contributed by atoms with Gasteiger partial charge in [-0.05, 0) is 76.9 Å². The average Bonchev–Trinajstić information content (AvgIpc) is 2.94. The number of benzene rings is 2. The largest absolute Gasteiger partial charge is 0.508 e. The van der Waals surface area contributed by atoms with Gasteiger partial charge in [0.25, 0.3) is 5.91 Å². The number of aliphatic hydroxyl groups excluding tert-OH is 1. The number of hydrogen-bond donors (Lipinski definition) is 6. The Morgan fingerprint density at radius 3 is 2.47 bits per heavy atom.